The molecule has 1 saturated heterocycles. The number of carbonyl (C=O) groups is 1. The maximum absolute atomic E-state index is 13.0. The minimum Gasteiger partial charge on any atom is -0.497 e. The number of hydrogen-bond acceptors (Lipinski definition) is 5. The number of sulfonamides is 1. The third-order valence-corrected chi connectivity index (χ3v) is 7.13. The van der Waals surface area contributed by atoms with E-state index in [0.717, 1.165) is 31.4 Å². The van der Waals surface area contributed by atoms with Crippen LogP contribution in [0.1, 0.15) is 43.0 Å². The van der Waals surface area contributed by atoms with E-state index < -0.39 is 10.0 Å². The zero-order valence-corrected chi connectivity index (χ0v) is 18.9. The van der Waals surface area contributed by atoms with Crippen molar-refractivity contribution in [3.05, 3.63) is 54.1 Å². The summed E-state index contributed by atoms with van der Waals surface area (Å²) in [5.74, 6) is 1.08. The highest BCUT2D eigenvalue weighted by molar-refractivity contribution is 7.89. The van der Waals surface area contributed by atoms with Crippen LogP contribution in [0.15, 0.2) is 53.4 Å². The molecular weight excluding hydrogens is 416 g/mol. The monoisotopic (exact) mass is 446 g/mol. The molecule has 0 unspecified atom stereocenters. The van der Waals surface area contributed by atoms with Gasteiger partial charge >= 0.3 is 0 Å². The topological polar surface area (TPSA) is 84.9 Å². The van der Waals surface area contributed by atoms with Crippen LogP contribution in [0.3, 0.4) is 0 Å². The number of nitrogens with zero attached hydrogens (tertiary/aromatic N) is 1. The zero-order chi connectivity index (χ0) is 22.3. The van der Waals surface area contributed by atoms with Crippen LogP contribution in [-0.4, -0.2) is 51.5 Å². The summed E-state index contributed by atoms with van der Waals surface area (Å²) in [6.45, 7) is 3.17. The maximum Gasteiger partial charge on any atom is 0.251 e. The molecular formula is C23H30N2O5S. The van der Waals surface area contributed by atoms with Crippen LogP contribution >= 0.6 is 0 Å². The summed E-state index contributed by atoms with van der Waals surface area (Å²) >= 11 is 0. The molecule has 31 heavy (non-hydrogen) atoms. The van der Waals surface area contributed by atoms with Crippen LogP contribution in [0.5, 0.6) is 11.5 Å². The van der Waals surface area contributed by atoms with Crippen molar-refractivity contribution in [2.75, 3.05) is 26.8 Å². The lowest BCUT2D eigenvalue weighted by Crippen LogP contribution is -2.37. The quantitative estimate of drug-likeness (QED) is 0.671. The molecule has 8 heteroatoms. The Labute approximate surface area is 184 Å². The fourth-order valence-electron chi connectivity index (χ4n) is 3.47. The van der Waals surface area contributed by atoms with E-state index in [1.54, 1.807) is 49.6 Å². The summed E-state index contributed by atoms with van der Waals surface area (Å²) in [5, 5.41) is 2.86. The molecule has 1 aliphatic rings. The normalized spacial score (nSPS) is 16.2. The van der Waals surface area contributed by atoms with Crippen LogP contribution in [0.25, 0.3) is 0 Å². The number of hydrogen-bond donors (Lipinski definition) is 1. The van der Waals surface area contributed by atoms with Crippen molar-refractivity contribution < 1.29 is 22.7 Å². The summed E-state index contributed by atoms with van der Waals surface area (Å²) in [6, 6.07) is 13.2. The van der Waals surface area contributed by atoms with Crippen LogP contribution < -0.4 is 14.8 Å². The second-order valence-electron chi connectivity index (χ2n) is 7.71. The van der Waals surface area contributed by atoms with E-state index in [1.165, 1.54) is 10.4 Å². The van der Waals surface area contributed by atoms with E-state index >= 15 is 0 Å². The smallest absolute Gasteiger partial charge is 0.251 e. The molecule has 7 nitrogen and oxygen atoms in total. The van der Waals surface area contributed by atoms with Crippen molar-refractivity contribution in [3.8, 4) is 11.5 Å². The standard InChI is InChI=1S/C23H30N2O5S/c1-18(17-30-21-12-10-20(29-2)11-13-21)24-23(26)19-8-7-9-22(16-19)31(27,28)25-14-5-3-4-6-15-25/h7-13,16,18H,3-6,14-15,17H2,1-2H3,(H,24,26)/t18-/m0/s1. The van der Waals surface area contributed by atoms with E-state index in [-0.39, 0.29) is 23.5 Å². The van der Waals surface area contributed by atoms with Gasteiger partial charge in [0.2, 0.25) is 10.0 Å². The summed E-state index contributed by atoms with van der Waals surface area (Å²) in [7, 11) is -2.00. The van der Waals surface area contributed by atoms with Gasteiger partial charge in [0.1, 0.15) is 18.1 Å². The SMILES string of the molecule is COc1ccc(OC[C@H](C)NC(=O)c2cccc(S(=O)(=O)N3CCCCCC3)c2)cc1. The van der Waals surface area contributed by atoms with Crippen molar-refractivity contribution in [1.29, 1.82) is 0 Å². The molecule has 1 heterocycles. The average molecular weight is 447 g/mol. The van der Waals surface area contributed by atoms with Gasteiger partial charge in [-0.1, -0.05) is 18.9 Å². The highest BCUT2D eigenvalue weighted by Gasteiger charge is 2.26. The predicted octanol–water partition coefficient (Wildman–Crippen LogP) is 3.46. The number of amides is 1. The van der Waals surface area contributed by atoms with Crippen LogP contribution in [0.4, 0.5) is 0 Å². The van der Waals surface area contributed by atoms with Gasteiger partial charge in [0.05, 0.1) is 18.0 Å². The van der Waals surface area contributed by atoms with Gasteiger partial charge in [0, 0.05) is 18.7 Å². The maximum atomic E-state index is 13.0. The molecule has 0 spiro atoms. The number of rotatable bonds is 8. The molecule has 0 saturated carbocycles. The van der Waals surface area contributed by atoms with E-state index in [9.17, 15) is 13.2 Å². The Hall–Kier alpha value is -2.58. The zero-order valence-electron chi connectivity index (χ0n) is 18.0. The van der Waals surface area contributed by atoms with Crippen molar-refractivity contribution in [1.82, 2.24) is 9.62 Å². The summed E-state index contributed by atoms with van der Waals surface area (Å²) < 4.78 is 38.4. The van der Waals surface area contributed by atoms with E-state index in [0.29, 0.717) is 24.4 Å². The number of benzene rings is 2. The van der Waals surface area contributed by atoms with Gasteiger partial charge in [-0.2, -0.15) is 4.31 Å². The molecule has 1 fully saturated rings. The molecule has 168 valence electrons. The van der Waals surface area contributed by atoms with Crippen LogP contribution in [-0.2, 0) is 10.0 Å². The van der Waals surface area contributed by atoms with Crippen molar-refractivity contribution >= 4 is 15.9 Å². The van der Waals surface area contributed by atoms with Crippen molar-refractivity contribution in [2.45, 2.75) is 43.5 Å². The molecule has 0 aliphatic carbocycles. The van der Waals surface area contributed by atoms with Gasteiger partial charge < -0.3 is 14.8 Å². The Bertz CT molecular complexity index is 968. The molecule has 2 aromatic carbocycles. The average Bonchev–Trinajstić information content (AvgIpc) is 3.08. The lowest BCUT2D eigenvalue weighted by Gasteiger charge is -2.20. The van der Waals surface area contributed by atoms with E-state index in [4.69, 9.17) is 9.47 Å². The largest absolute Gasteiger partial charge is 0.497 e. The first-order valence-electron chi connectivity index (χ1n) is 10.6. The summed E-state index contributed by atoms with van der Waals surface area (Å²) in [4.78, 5) is 12.8. The summed E-state index contributed by atoms with van der Waals surface area (Å²) in [6.07, 6.45) is 3.83. The van der Waals surface area contributed by atoms with Crippen LogP contribution in [0.2, 0.25) is 0 Å². The molecule has 0 bridgehead atoms. The first kappa shape index (κ1) is 23.1. The third-order valence-electron chi connectivity index (χ3n) is 5.24. The van der Waals surface area contributed by atoms with Gasteiger partial charge in [-0.05, 0) is 62.2 Å². The molecule has 1 atom stereocenters. The molecule has 0 aromatic heterocycles. The number of nitrogens with one attached hydrogen (secondary N) is 1. The molecule has 0 radical (unpaired) electrons. The Balaban J connectivity index is 1.61. The highest BCUT2D eigenvalue weighted by atomic mass is 32.2. The van der Waals surface area contributed by atoms with Gasteiger partial charge in [0.15, 0.2) is 0 Å². The Morgan fingerprint density at radius 3 is 2.32 bits per heavy atom. The second kappa shape index (κ2) is 10.6. The summed E-state index contributed by atoms with van der Waals surface area (Å²) in [5.41, 5.74) is 0.312. The molecule has 1 N–H and O–H groups in total. The lowest BCUT2D eigenvalue weighted by atomic mass is 10.2. The molecule has 1 amide bonds. The molecule has 1 aliphatic heterocycles. The van der Waals surface area contributed by atoms with Crippen LogP contribution in [0, 0.1) is 0 Å². The van der Waals surface area contributed by atoms with Gasteiger partial charge in [0.25, 0.3) is 5.91 Å². The van der Waals surface area contributed by atoms with Gasteiger partial charge in [-0.3, -0.25) is 4.79 Å². The Kier molecular flexibility index (Phi) is 7.92. The van der Waals surface area contributed by atoms with E-state index in [1.807, 2.05) is 6.92 Å². The predicted molar refractivity (Wildman–Crippen MR) is 119 cm³/mol. The fourth-order valence-corrected chi connectivity index (χ4v) is 5.03. The minimum atomic E-state index is -3.60. The van der Waals surface area contributed by atoms with E-state index in [2.05, 4.69) is 5.32 Å². The number of ether oxygens (including phenoxy) is 2. The first-order valence-corrected chi connectivity index (χ1v) is 12.0. The fraction of sp³-hybridized carbons (Fsp3) is 0.435. The van der Waals surface area contributed by atoms with Gasteiger partial charge in [-0.25, -0.2) is 8.42 Å². The Morgan fingerprint density at radius 2 is 1.68 bits per heavy atom. The molecule has 3 rings (SSSR count). The van der Waals surface area contributed by atoms with Gasteiger partial charge in [-0.15, -0.1) is 0 Å². The van der Waals surface area contributed by atoms with Crippen molar-refractivity contribution in [3.63, 3.8) is 0 Å². The minimum absolute atomic E-state index is 0.157. The Morgan fingerprint density at radius 1 is 1.03 bits per heavy atom. The van der Waals surface area contributed by atoms with Crippen molar-refractivity contribution in [2.24, 2.45) is 0 Å². The third kappa shape index (κ3) is 6.21. The molecule has 2 aromatic rings. The second-order valence-corrected chi connectivity index (χ2v) is 9.65. The number of methoxy groups -OCH3 is 1. The lowest BCUT2D eigenvalue weighted by molar-refractivity contribution is 0.0926. The highest BCUT2D eigenvalue weighted by Crippen LogP contribution is 2.21. The first-order chi connectivity index (χ1) is 14.9. The number of carbonyl (C=O) groups excluding carboxylic acids is 1.